The van der Waals surface area contributed by atoms with E-state index in [0.29, 0.717) is 6.54 Å². The zero-order valence-corrected chi connectivity index (χ0v) is 18.1. The number of thioether (sulfide) groups is 1. The number of aromatic nitrogens is 1. The summed E-state index contributed by atoms with van der Waals surface area (Å²) in [7, 11) is 4.04. The molecule has 1 amide bonds. The normalized spacial score (nSPS) is 11.3. The highest BCUT2D eigenvalue weighted by Gasteiger charge is 2.23. The van der Waals surface area contributed by atoms with Crippen LogP contribution in [0.4, 0.5) is 5.13 Å². The Bertz CT molecular complexity index is 965. The highest BCUT2D eigenvalue weighted by molar-refractivity contribution is 7.98. The Balaban J connectivity index is 2.06. The number of fused-ring (bicyclic) bond motifs is 1. The van der Waals surface area contributed by atoms with Crippen LogP contribution in [-0.4, -0.2) is 49.2 Å². The number of amides is 1. The Morgan fingerprint density at radius 2 is 1.85 bits per heavy atom. The zero-order chi connectivity index (χ0) is 19.6. The van der Waals surface area contributed by atoms with Crippen molar-refractivity contribution in [2.75, 3.05) is 38.3 Å². The van der Waals surface area contributed by atoms with Crippen LogP contribution in [-0.2, 0) is 0 Å². The Labute approximate surface area is 169 Å². The summed E-state index contributed by atoms with van der Waals surface area (Å²) in [6.07, 6.45) is 2.00. The summed E-state index contributed by atoms with van der Waals surface area (Å²) in [4.78, 5) is 23.2. The molecule has 27 heavy (non-hydrogen) atoms. The summed E-state index contributed by atoms with van der Waals surface area (Å²) in [5, 5.41) is 0.765. The molecule has 142 valence electrons. The van der Waals surface area contributed by atoms with E-state index >= 15 is 0 Å². The van der Waals surface area contributed by atoms with Crippen molar-refractivity contribution in [2.45, 2.75) is 18.7 Å². The monoisotopic (exact) mass is 399 g/mol. The van der Waals surface area contributed by atoms with Crippen LogP contribution in [0.2, 0.25) is 0 Å². The van der Waals surface area contributed by atoms with E-state index in [2.05, 4.69) is 30.9 Å². The fourth-order valence-corrected chi connectivity index (χ4v) is 4.52. The lowest BCUT2D eigenvalue weighted by Gasteiger charge is -2.22. The van der Waals surface area contributed by atoms with Gasteiger partial charge < -0.3 is 4.90 Å². The molecule has 0 saturated carbocycles. The van der Waals surface area contributed by atoms with Gasteiger partial charge in [-0.1, -0.05) is 29.5 Å². The van der Waals surface area contributed by atoms with Gasteiger partial charge in [0.15, 0.2) is 5.13 Å². The molecule has 0 bridgehead atoms. The van der Waals surface area contributed by atoms with Gasteiger partial charge in [-0.25, -0.2) is 4.98 Å². The van der Waals surface area contributed by atoms with Crippen LogP contribution in [0.25, 0.3) is 10.2 Å². The predicted octanol–water partition coefficient (Wildman–Crippen LogP) is 4.84. The number of rotatable bonds is 6. The van der Waals surface area contributed by atoms with Gasteiger partial charge in [0.25, 0.3) is 5.91 Å². The number of benzene rings is 2. The van der Waals surface area contributed by atoms with Gasteiger partial charge in [-0.2, -0.15) is 0 Å². The Morgan fingerprint density at radius 1 is 1.11 bits per heavy atom. The maximum absolute atomic E-state index is 13.4. The lowest BCUT2D eigenvalue weighted by molar-refractivity contribution is 0.0982. The summed E-state index contributed by atoms with van der Waals surface area (Å²) < 4.78 is 1.12. The number of anilines is 1. The number of carbonyl (C=O) groups is 1. The summed E-state index contributed by atoms with van der Waals surface area (Å²) in [5.74, 6) is 0.00947. The first-order chi connectivity index (χ1) is 12.9. The SMILES string of the molecule is CSc1ccccc1C(=O)N(CCN(C)C)c1nc2c(C)c(C)ccc2s1. The number of hydrogen-bond acceptors (Lipinski definition) is 5. The smallest absolute Gasteiger partial charge is 0.261 e. The van der Waals surface area contributed by atoms with Gasteiger partial charge in [-0.15, -0.1) is 11.8 Å². The van der Waals surface area contributed by atoms with Gasteiger partial charge in [-0.3, -0.25) is 9.69 Å². The third kappa shape index (κ3) is 4.18. The largest absolute Gasteiger partial charge is 0.308 e. The molecular weight excluding hydrogens is 374 g/mol. The van der Waals surface area contributed by atoms with Crippen molar-refractivity contribution >= 4 is 44.4 Å². The van der Waals surface area contributed by atoms with Crippen molar-refractivity contribution in [1.29, 1.82) is 0 Å². The second-order valence-electron chi connectivity index (χ2n) is 6.81. The molecular formula is C21H25N3OS2. The van der Waals surface area contributed by atoms with E-state index in [1.165, 1.54) is 11.1 Å². The molecule has 0 spiro atoms. The van der Waals surface area contributed by atoms with E-state index in [1.807, 2.05) is 49.5 Å². The van der Waals surface area contributed by atoms with Crippen LogP contribution in [0.1, 0.15) is 21.5 Å². The van der Waals surface area contributed by atoms with Crippen LogP contribution >= 0.6 is 23.1 Å². The van der Waals surface area contributed by atoms with Crippen molar-refractivity contribution in [3.05, 3.63) is 53.1 Å². The lowest BCUT2D eigenvalue weighted by atomic mass is 10.1. The molecule has 4 nitrogen and oxygen atoms in total. The first kappa shape index (κ1) is 19.9. The fraction of sp³-hybridized carbons (Fsp3) is 0.333. The van der Waals surface area contributed by atoms with Gasteiger partial charge >= 0.3 is 0 Å². The molecule has 0 aliphatic heterocycles. The first-order valence-electron chi connectivity index (χ1n) is 8.88. The number of hydrogen-bond donors (Lipinski definition) is 0. The molecule has 6 heteroatoms. The number of carbonyl (C=O) groups excluding carboxylic acids is 1. The highest BCUT2D eigenvalue weighted by atomic mass is 32.2. The molecule has 3 aromatic rings. The average Bonchev–Trinajstić information content (AvgIpc) is 3.09. The maximum atomic E-state index is 13.4. The summed E-state index contributed by atoms with van der Waals surface area (Å²) in [6.45, 7) is 5.57. The van der Waals surface area contributed by atoms with E-state index in [0.717, 1.165) is 32.4 Å². The third-order valence-electron chi connectivity index (χ3n) is 4.66. The molecule has 0 atom stereocenters. The predicted molar refractivity (Wildman–Crippen MR) is 118 cm³/mol. The molecule has 1 heterocycles. The van der Waals surface area contributed by atoms with E-state index in [-0.39, 0.29) is 5.91 Å². The summed E-state index contributed by atoms with van der Waals surface area (Å²) in [6, 6.07) is 12.0. The van der Waals surface area contributed by atoms with E-state index in [1.54, 1.807) is 23.1 Å². The topological polar surface area (TPSA) is 36.4 Å². The van der Waals surface area contributed by atoms with Gasteiger partial charge in [0.2, 0.25) is 0 Å². The zero-order valence-electron chi connectivity index (χ0n) is 16.4. The minimum absolute atomic E-state index is 0.00947. The highest BCUT2D eigenvalue weighted by Crippen LogP contribution is 2.33. The first-order valence-corrected chi connectivity index (χ1v) is 10.9. The fourth-order valence-electron chi connectivity index (χ4n) is 2.88. The standard InChI is InChI=1S/C21H25N3OS2/c1-14-10-11-18-19(15(14)2)22-21(27-18)24(13-12-23(3)4)20(25)16-8-6-7-9-17(16)26-5/h6-11H,12-13H2,1-5H3. The average molecular weight is 400 g/mol. The molecule has 0 unspecified atom stereocenters. The van der Waals surface area contributed by atoms with Gasteiger partial charge in [0.05, 0.1) is 15.8 Å². The molecule has 2 aromatic carbocycles. The van der Waals surface area contributed by atoms with Crippen LogP contribution in [0, 0.1) is 13.8 Å². The molecule has 1 aromatic heterocycles. The van der Waals surface area contributed by atoms with E-state index < -0.39 is 0 Å². The maximum Gasteiger partial charge on any atom is 0.261 e. The van der Waals surface area contributed by atoms with Gasteiger partial charge in [-0.05, 0) is 63.5 Å². The van der Waals surface area contributed by atoms with Crippen LogP contribution in [0.3, 0.4) is 0 Å². The Morgan fingerprint density at radius 3 is 2.56 bits per heavy atom. The number of thiazole rings is 1. The van der Waals surface area contributed by atoms with Crippen LogP contribution < -0.4 is 4.90 Å². The number of aryl methyl sites for hydroxylation is 2. The van der Waals surface area contributed by atoms with Gasteiger partial charge in [0, 0.05) is 18.0 Å². The van der Waals surface area contributed by atoms with Crippen molar-refractivity contribution in [3.63, 3.8) is 0 Å². The molecule has 0 saturated heterocycles. The van der Waals surface area contributed by atoms with Crippen LogP contribution in [0.15, 0.2) is 41.3 Å². The Hall–Kier alpha value is -1.89. The lowest BCUT2D eigenvalue weighted by Crippen LogP contribution is -2.37. The number of likely N-dealkylation sites (N-methyl/N-ethyl adjacent to an activating group) is 1. The molecule has 0 radical (unpaired) electrons. The number of nitrogens with zero attached hydrogens (tertiary/aromatic N) is 3. The van der Waals surface area contributed by atoms with Crippen molar-refractivity contribution in [3.8, 4) is 0 Å². The van der Waals surface area contributed by atoms with Crippen LogP contribution in [0.5, 0.6) is 0 Å². The second kappa shape index (κ2) is 8.42. The van der Waals surface area contributed by atoms with Crippen molar-refractivity contribution in [2.24, 2.45) is 0 Å². The molecule has 0 fully saturated rings. The molecule has 0 aliphatic rings. The third-order valence-corrected chi connectivity index (χ3v) is 6.50. The second-order valence-corrected chi connectivity index (χ2v) is 8.67. The molecule has 3 rings (SSSR count). The van der Waals surface area contributed by atoms with Crippen molar-refractivity contribution < 1.29 is 4.79 Å². The van der Waals surface area contributed by atoms with E-state index in [4.69, 9.17) is 4.98 Å². The quantitative estimate of drug-likeness (QED) is 0.556. The van der Waals surface area contributed by atoms with Gasteiger partial charge in [0.1, 0.15) is 0 Å². The van der Waals surface area contributed by atoms with Crippen molar-refractivity contribution in [1.82, 2.24) is 9.88 Å². The molecule has 0 aliphatic carbocycles. The Kier molecular flexibility index (Phi) is 6.19. The summed E-state index contributed by atoms with van der Waals surface area (Å²) >= 11 is 3.18. The summed E-state index contributed by atoms with van der Waals surface area (Å²) in [5.41, 5.74) is 4.13. The van der Waals surface area contributed by atoms with E-state index in [9.17, 15) is 4.79 Å². The minimum atomic E-state index is 0.00947. The molecule has 0 N–H and O–H groups in total. The minimum Gasteiger partial charge on any atom is -0.308 e.